The van der Waals surface area contributed by atoms with Crippen LogP contribution in [0.2, 0.25) is 0 Å². The molecule has 3 rings (SSSR count). The lowest BCUT2D eigenvalue weighted by molar-refractivity contribution is -0.113. The Balaban J connectivity index is 1.63. The van der Waals surface area contributed by atoms with Crippen molar-refractivity contribution in [2.45, 2.75) is 37.1 Å². The lowest BCUT2D eigenvalue weighted by Crippen LogP contribution is -2.14. The number of anilines is 1. The van der Waals surface area contributed by atoms with E-state index >= 15 is 0 Å². The number of nitriles is 1. The molecule has 28 heavy (non-hydrogen) atoms. The summed E-state index contributed by atoms with van der Waals surface area (Å²) in [5.41, 5.74) is 3.75. The predicted octanol–water partition coefficient (Wildman–Crippen LogP) is 3.74. The van der Waals surface area contributed by atoms with Crippen LogP contribution in [-0.2, 0) is 22.4 Å². The van der Waals surface area contributed by atoms with Crippen LogP contribution in [0.1, 0.15) is 46.4 Å². The molecule has 1 aromatic carbocycles. The summed E-state index contributed by atoms with van der Waals surface area (Å²) in [6.07, 6.45) is 5.30. The number of methoxy groups -OCH3 is 1. The number of nitrogens with one attached hydrogen (secondary N) is 1. The maximum absolute atomic E-state index is 12.3. The van der Waals surface area contributed by atoms with E-state index in [9.17, 15) is 14.9 Å². The van der Waals surface area contributed by atoms with E-state index in [-0.39, 0.29) is 11.7 Å². The molecule has 0 bridgehead atoms. The van der Waals surface area contributed by atoms with Gasteiger partial charge >= 0.3 is 5.97 Å². The van der Waals surface area contributed by atoms with Crippen LogP contribution in [0.3, 0.4) is 0 Å². The fraction of sp³-hybridized carbons (Fsp3) is 0.333. The Kier molecular flexibility index (Phi) is 6.66. The van der Waals surface area contributed by atoms with Crippen molar-refractivity contribution in [2.75, 3.05) is 18.2 Å². The summed E-state index contributed by atoms with van der Waals surface area (Å²) >= 11 is 1.27. The van der Waals surface area contributed by atoms with Crippen molar-refractivity contribution >= 4 is 29.3 Å². The van der Waals surface area contributed by atoms with Gasteiger partial charge in [-0.15, -0.1) is 0 Å². The Morgan fingerprint density at radius 3 is 2.68 bits per heavy atom. The number of rotatable bonds is 5. The van der Waals surface area contributed by atoms with Gasteiger partial charge in [0.1, 0.15) is 11.1 Å². The van der Waals surface area contributed by atoms with E-state index in [2.05, 4.69) is 21.1 Å². The molecule has 1 amide bonds. The van der Waals surface area contributed by atoms with Crippen LogP contribution < -0.4 is 5.32 Å². The number of nitrogens with zero attached hydrogens (tertiary/aromatic N) is 2. The molecule has 7 heteroatoms. The Morgan fingerprint density at radius 2 is 1.96 bits per heavy atom. The minimum atomic E-state index is -0.424. The molecule has 0 saturated heterocycles. The molecule has 2 aromatic rings. The fourth-order valence-corrected chi connectivity index (χ4v) is 3.89. The quantitative estimate of drug-likeness (QED) is 0.471. The molecule has 0 spiro atoms. The van der Waals surface area contributed by atoms with E-state index in [1.165, 1.54) is 25.3 Å². The van der Waals surface area contributed by atoms with E-state index in [0.29, 0.717) is 21.8 Å². The third-order valence-electron chi connectivity index (χ3n) is 4.57. The van der Waals surface area contributed by atoms with Crippen molar-refractivity contribution in [1.82, 2.24) is 4.98 Å². The van der Waals surface area contributed by atoms with Crippen LogP contribution in [0.4, 0.5) is 5.69 Å². The summed E-state index contributed by atoms with van der Waals surface area (Å²) < 4.78 is 4.65. The third-order valence-corrected chi connectivity index (χ3v) is 5.56. The third kappa shape index (κ3) is 4.90. The number of hydrogen-bond donors (Lipinski definition) is 1. The van der Waals surface area contributed by atoms with Crippen LogP contribution in [0.15, 0.2) is 35.4 Å². The summed E-state index contributed by atoms with van der Waals surface area (Å²) in [7, 11) is 1.32. The van der Waals surface area contributed by atoms with Crippen LogP contribution in [-0.4, -0.2) is 29.7 Å². The molecule has 0 saturated carbocycles. The second-order valence-corrected chi connectivity index (χ2v) is 7.49. The van der Waals surface area contributed by atoms with Gasteiger partial charge in [0, 0.05) is 11.4 Å². The molecule has 0 radical (unpaired) electrons. The van der Waals surface area contributed by atoms with E-state index in [0.717, 1.165) is 36.9 Å². The molecule has 1 aliphatic carbocycles. The highest BCUT2D eigenvalue weighted by Crippen LogP contribution is 2.27. The molecule has 0 atom stereocenters. The van der Waals surface area contributed by atoms with Crippen LogP contribution in [0.5, 0.6) is 0 Å². The van der Waals surface area contributed by atoms with Gasteiger partial charge in [0.15, 0.2) is 0 Å². The molecule has 1 aliphatic rings. The van der Waals surface area contributed by atoms with Crippen molar-refractivity contribution in [3.63, 3.8) is 0 Å². The van der Waals surface area contributed by atoms with Gasteiger partial charge in [0.2, 0.25) is 5.91 Å². The molecule has 0 fully saturated rings. The number of aryl methyl sites for hydroxylation is 2. The number of pyridine rings is 1. The van der Waals surface area contributed by atoms with E-state index in [1.807, 2.05) is 6.07 Å². The number of aromatic nitrogens is 1. The Morgan fingerprint density at radius 1 is 1.21 bits per heavy atom. The summed E-state index contributed by atoms with van der Waals surface area (Å²) in [4.78, 5) is 28.4. The zero-order valence-electron chi connectivity index (χ0n) is 15.7. The number of thioether (sulfide) groups is 1. The van der Waals surface area contributed by atoms with Crippen LogP contribution >= 0.6 is 11.8 Å². The number of benzene rings is 1. The number of fused-ring (bicyclic) bond motifs is 1. The van der Waals surface area contributed by atoms with Gasteiger partial charge in [0.05, 0.1) is 24.0 Å². The number of hydrogen-bond acceptors (Lipinski definition) is 6. The van der Waals surface area contributed by atoms with Gasteiger partial charge in [0.25, 0.3) is 0 Å². The zero-order valence-corrected chi connectivity index (χ0v) is 16.5. The van der Waals surface area contributed by atoms with Gasteiger partial charge in [-0.25, -0.2) is 9.78 Å². The Labute approximate surface area is 168 Å². The van der Waals surface area contributed by atoms with Gasteiger partial charge < -0.3 is 10.1 Å². The first-order chi connectivity index (χ1) is 13.6. The van der Waals surface area contributed by atoms with Crippen molar-refractivity contribution in [1.29, 1.82) is 5.26 Å². The summed E-state index contributed by atoms with van der Waals surface area (Å²) in [6, 6.07) is 10.6. The monoisotopic (exact) mass is 395 g/mol. The Bertz CT molecular complexity index is 920. The highest BCUT2D eigenvalue weighted by molar-refractivity contribution is 8.00. The normalized spacial score (nSPS) is 13.0. The van der Waals surface area contributed by atoms with Gasteiger partial charge in [-0.3, -0.25) is 4.79 Å². The first kappa shape index (κ1) is 19.9. The van der Waals surface area contributed by atoms with Crippen molar-refractivity contribution in [3.05, 3.63) is 52.7 Å². The summed E-state index contributed by atoms with van der Waals surface area (Å²) in [5, 5.41) is 12.8. The molecule has 1 N–H and O–H groups in total. The van der Waals surface area contributed by atoms with Crippen LogP contribution in [0.25, 0.3) is 0 Å². The average molecular weight is 395 g/mol. The van der Waals surface area contributed by atoms with Crippen molar-refractivity contribution < 1.29 is 14.3 Å². The predicted molar refractivity (Wildman–Crippen MR) is 107 cm³/mol. The maximum Gasteiger partial charge on any atom is 0.337 e. The largest absolute Gasteiger partial charge is 0.465 e. The minimum absolute atomic E-state index is 0.152. The van der Waals surface area contributed by atoms with Gasteiger partial charge in [-0.2, -0.15) is 5.26 Å². The lowest BCUT2D eigenvalue weighted by Gasteiger charge is -2.10. The molecule has 1 aromatic heterocycles. The number of amides is 1. The standard InChI is InChI=1S/C21H21N3O3S/c1-27-21(26)14-7-9-17(10-8-14)23-19(25)13-28-20-16(12-22)11-15-5-3-2-4-6-18(15)24-20/h7-11H,2-6,13H2,1H3,(H,23,25). The second kappa shape index (κ2) is 9.38. The summed E-state index contributed by atoms with van der Waals surface area (Å²) in [6.45, 7) is 0. The SMILES string of the molecule is COC(=O)c1ccc(NC(=O)CSc2nc3c(cc2C#N)CCCCC3)cc1. The Hall–Kier alpha value is -2.85. The first-order valence-corrected chi connectivity index (χ1v) is 10.1. The molecule has 0 unspecified atom stereocenters. The molecule has 1 heterocycles. The first-order valence-electron chi connectivity index (χ1n) is 9.14. The molecular formula is C21H21N3O3S. The molecular weight excluding hydrogens is 374 g/mol. The highest BCUT2D eigenvalue weighted by Gasteiger charge is 2.16. The lowest BCUT2D eigenvalue weighted by atomic mass is 10.1. The smallest absolute Gasteiger partial charge is 0.337 e. The van der Waals surface area contributed by atoms with E-state index < -0.39 is 5.97 Å². The molecule has 6 nitrogen and oxygen atoms in total. The fourth-order valence-electron chi connectivity index (χ4n) is 3.12. The number of ether oxygens (including phenoxy) is 1. The van der Waals surface area contributed by atoms with E-state index in [1.54, 1.807) is 24.3 Å². The highest BCUT2D eigenvalue weighted by atomic mass is 32.2. The summed E-state index contributed by atoms with van der Waals surface area (Å²) in [5.74, 6) is -0.470. The van der Waals surface area contributed by atoms with Gasteiger partial charge in [-0.1, -0.05) is 18.2 Å². The van der Waals surface area contributed by atoms with E-state index in [4.69, 9.17) is 0 Å². The number of esters is 1. The van der Waals surface area contributed by atoms with Crippen molar-refractivity contribution in [3.8, 4) is 6.07 Å². The van der Waals surface area contributed by atoms with Crippen LogP contribution in [0, 0.1) is 11.3 Å². The molecule has 0 aliphatic heterocycles. The zero-order chi connectivity index (χ0) is 19.9. The molecule has 144 valence electrons. The topological polar surface area (TPSA) is 92.1 Å². The number of carbonyl (C=O) groups is 2. The number of carbonyl (C=O) groups excluding carboxylic acids is 2. The average Bonchev–Trinajstić information content (AvgIpc) is 2.96. The minimum Gasteiger partial charge on any atom is -0.465 e. The van der Waals surface area contributed by atoms with Crippen molar-refractivity contribution in [2.24, 2.45) is 0 Å². The van der Waals surface area contributed by atoms with Gasteiger partial charge in [-0.05, 0) is 61.6 Å². The maximum atomic E-state index is 12.3. The second-order valence-electron chi connectivity index (χ2n) is 6.53.